The van der Waals surface area contributed by atoms with E-state index in [1.807, 2.05) is 18.2 Å². The Kier molecular flexibility index (Phi) is 7.28. The fraction of sp³-hybridized carbons (Fsp3) is 0.364. The van der Waals surface area contributed by atoms with Crippen LogP contribution in [0.5, 0.6) is 0 Å². The number of carbonyl (C=O) groups excluding carboxylic acids is 2. The van der Waals surface area contributed by atoms with Crippen LogP contribution in [-0.4, -0.2) is 44.4 Å². The highest BCUT2D eigenvalue weighted by atomic mass is 32.2. The smallest absolute Gasteiger partial charge is 0.252 e. The first-order chi connectivity index (χ1) is 14.0. The summed E-state index contributed by atoms with van der Waals surface area (Å²) in [4.78, 5) is 25.4. The third-order valence-corrected chi connectivity index (χ3v) is 6.09. The number of halogens is 1. The number of hydrogen-bond acceptors (Lipinski definition) is 4. The molecule has 2 aromatic rings. The van der Waals surface area contributed by atoms with Gasteiger partial charge in [-0.15, -0.1) is 11.8 Å². The fourth-order valence-electron chi connectivity index (χ4n) is 3.13. The molecule has 1 saturated carbocycles. The largest absolute Gasteiger partial charge is 0.383 e. The molecule has 0 heterocycles. The maximum absolute atomic E-state index is 13.2. The van der Waals surface area contributed by atoms with Crippen LogP contribution in [-0.2, 0) is 14.9 Å². The van der Waals surface area contributed by atoms with E-state index in [1.54, 1.807) is 25.3 Å². The van der Waals surface area contributed by atoms with Gasteiger partial charge in [0.2, 0.25) is 5.91 Å². The molecule has 2 N–H and O–H groups in total. The number of ether oxygens (including phenoxy) is 1. The quantitative estimate of drug-likeness (QED) is 0.461. The van der Waals surface area contributed by atoms with Crippen molar-refractivity contribution in [2.75, 3.05) is 32.6 Å². The Hall–Kier alpha value is -2.38. The second-order valence-corrected chi connectivity index (χ2v) is 8.11. The Morgan fingerprint density at radius 1 is 1.10 bits per heavy atom. The van der Waals surface area contributed by atoms with E-state index in [0.29, 0.717) is 25.3 Å². The van der Waals surface area contributed by atoms with Gasteiger partial charge >= 0.3 is 0 Å². The van der Waals surface area contributed by atoms with Crippen molar-refractivity contribution < 1.29 is 18.7 Å². The molecule has 0 spiro atoms. The average molecular weight is 417 g/mol. The summed E-state index contributed by atoms with van der Waals surface area (Å²) < 4.78 is 18.1. The van der Waals surface area contributed by atoms with Crippen LogP contribution < -0.4 is 10.6 Å². The number of benzene rings is 2. The van der Waals surface area contributed by atoms with Crippen molar-refractivity contribution in [3.63, 3.8) is 0 Å². The predicted octanol–water partition coefficient (Wildman–Crippen LogP) is 3.14. The van der Waals surface area contributed by atoms with Crippen molar-refractivity contribution in [1.82, 2.24) is 10.6 Å². The van der Waals surface area contributed by atoms with Gasteiger partial charge in [-0.1, -0.05) is 24.3 Å². The molecule has 29 heavy (non-hydrogen) atoms. The molecule has 0 radical (unpaired) electrons. The highest BCUT2D eigenvalue weighted by molar-refractivity contribution is 8.00. The SMILES string of the molecule is COCCNC(=O)CSc1ccccc1C(=O)NCC1(c2ccc(F)cc2)CC1. The molecular weight excluding hydrogens is 391 g/mol. The van der Waals surface area contributed by atoms with Crippen LogP contribution in [0.1, 0.15) is 28.8 Å². The van der Waals surface area contributed by atoms with Gasteiger partial charge in [-0.05, 0) is 42.7 Å². The molecule has 1 aliphatic rings. The Labute approximate surface area is 174 Å². The summed E-state index contributed by atoms with van der Waals surface area (Å²) in [5.74, 6) is -0.296. The lowest BCUT2D eigenvalue weighted by molar-refractivity contribution is -0.118. The molecule has 2 aromatic carbocycles. The van der Waals surface area contributed by atoms with Crippen LogP contribution in [0, 0.1) is 5.82 Å². The first-order valence-electron chi connectivity index (χ1n) is 9.56. The molecule has 0 bridgehead atoms. The number of hydrogen-bond donors (Lipinski definition) is 2. The van der Waals surface area contributed by atoms with E-state index < -0.39 is 0 Å². The zero-order valence-corrected chi connectivity index (χ0v) is 17.2. The van der Waals surface area contributed by atoms with Gasteiger partial charge in [-0.25, -0.2) is 4.39 Å². The minimum absolute atomic E-state index is 0.101. The van der Waals surface area contributed by atoms with Crippen LogP contribution in [0.3, 0.4) is 0 Å². The number of thioether (sulfide) groups is 1. The van der Waals surface area contributed by atoms with Crippen molar-refractivity contribution >= 4 is 23.6 Å². The summed E-state index contributed by atoms with van der Waals surface area (Å²) in [6.45, 7) is 1.43. The lowest BCUT2D eigenvalue weighted by atomic mass is 9.96. The van der Waals surface area contributed by atoms with E-state index in [9.17, 15) is 14.0 Å². The average Bonchev–Trinajstić information content (AvgIpc) is 3.52. The van der Waals surface area contributed by atoms with Gasteiger partial charge in [0.15, 0.2) is 0 Å². The van der Waals surface area contributed by atoms with Gasteiger partial charge < -0.3 is 15.4 Å². The highest BCUT2D eigenvalue weighted by Crippen LogP contribution is 2.47. The predicted molar refractivity (Wildman–Crippen MR) is 112 cm³/mol. The second kappa shape index (κ2) is 9.89. The number of nitrogens with one attached hydrogen (secondary N) is 2. The minimum Gasteiger partial charge on any atom is -0.383 e. The fourth-order valence-corrected chi connectivity index (χ4v) is 4.01. The number of methoxy groups -OCH3 is 1. The summed E-state index contributed by atoms with van der Waals surface area (Å²) in [5.41, 5.74) is 1.50. The molecule has 0 unspecified atom stereocenters. The van der Waals surface area contributed by atoms with Crippen molar-refractivity contribution in [2.24, 2.45) is 0 Å². The van der Waals surface area contributed by atoms with Crippen molar-refractivity contribution in [3.8, 4) is 0 Å². The number of rotatable bonds is 10. The van der Waals surface area contributed by atoms with E-state index in [2.05, 4.69) is 10.6 Å². The number of amides is 2. The molecule has 1 fully saturated rings. The zero-order valence-electron chi connectivity index (χ0n) is 16.4. The van der Waals surface area contributed by atoms with E-state index in [1.165, 1.54) is 23.9 Å². The third kappa shape index (κ3) is 5.81. The molecular formula is C22H25FN2O3S. The van der Waals surface area contributed by atoms with Crippen LogP contribution in [0.15, 0.2) is 53.4 Å². The third-order valence-electron chi connectivity index (χ3n) is 5.02. The summed E-state index contributed by atoms with van der Waals surface area (Å²) in [6, 6.07) is 13.8. The van der Waals surface area contributed by atoms with Crippen molar-refractivity contribution in [1.29, 1.82) is 0 Å². The Morgan fingerprint density at radius 3 is 2.52 bits per heavy atom. The van der Waals surface area contributed by atoms with Gasteiger partial charge in [0.1, 0.15) is 5.82 Å². The van der Waals surface area contributed by atoms with Gasteiger partial charge in [0, 0.05) is 30.5 Å². The second-order valence-electron chi connectivity index (χ2n) is 7.10. The molecule has 0 aliphatic heterocycles. The van der Waals surface area contributed by atoms with Crippen molar-refractivity contribution in [2.45, 2.75) is 23.2 Å². The van der Waals surface area contributed by atoms with Crippen LogP contribution in [0.4, 0.5) is 4.39 Å². The first-order valence-corrected chi connectivity index (χ1v) is 10.5. The lowest BCUT2D eigenvalue weighted by Crippen LogP contribution is -2.32. The molecule has 7 heteroatoms. The standard InChI is InChI=1S/C22H25FN2O3S/c1-28-13-12-24-20(26)14-29-19-5-3-2-4-18(19)21(27)25-15-22(10-11-22)16-6-8-17(23)9-7-16/h2-9H,10-15H2,1H3,(H,24,26)(H,25,27). The molecule has 1 aliphatic carbocycles. The summed E-state index contributed by atoms with van der Waals surface area (Å²) >= 11 is 1.33. The minimum atomic E-state index is -0.259. The van der Waals surface area contributed by atoms with E-state index in [0.717, 1.165) is 23.3 Å². The highest BCUT2D eigenvalue weighted by Gasteiger charge is 2.44. The van der Waals surface area contributed by atoms with Gasteiger partial charge in [0.25, 0.3) is 5.91 Å². The van der Waals surface area contributed by atoms with Crippen LogP contribution >= 0.6 is 11.8 Å². The van der Waals surface area contributed by atoms with Gasteiger partial charge in [0.05, 0.1) is 17.9 Å². The Bertz CT molecular complexity index is 853. The summed E-state index contributed by atoms with van der Waals surface area (Å²) in [7, 11) is 1.58. The maximum Gasteiger partial charge on any atom is 0.252 e. The summed E-state index contributed by atoms with van der Waals surface area (Å²) in [6.07, 6.45) is 1.94. The maximum atomic E-state index is 13.2. The molecule has 154 valence electrons. The Morgan fingerprint density at radius 2 is 1.83 bits per heavy atom. The van der Waals surface area contributed by atoms with Crippen LogP contribution in [0.2, 0.25) is 0 Å². The monoisotopic (exact) mass is 416 g/mol. The molecule has 0 atom stereocenters. The van der Waals surface area contributed by atoms with E-state index >= 15 is 0 Å². The molecule has 0 aromatic heterocycles. The van der Waals surface area contributed by atoms with E-state index in [4.69, 9.17) is 4.74 Å². The first kappa shape index (κ1) is 21.3. The van der Waals surface area contributed by atoms with Gasteiger partial charge in [-0.3, -0.25) is 9.59 Å². The van der Waals surface area contributed by atoms with Gasteiger partial charge in [-0.2, -0.15) is 0 Å². The number of carbonyl (C=O) groups is 2. The summed E-state index contributed by atoms with van der Waals surface area (Å²) in [5, 5.41) is 5.79. The van der Waals surface area contributed by atoms with E-state index in [-0.39, 0.29) is 28.8 Å². The zero-order chi connectivity index (χ0) is 20.7. The van der Waals surface area contributed by atoms with Crippen LogP contribution in [0.25, 0.3) is 0 Å². The molecule has 0 saturated heterocycles. The lowest BCUT2D eigenvalue weighted by Gasteiger charge is -2.17. The Balaban J connectivity index is 1.57. The topological polar surface area (TPSA) is 67.4 Å². The normalized spacial score (nSPS) is 14.3. The molecule has 3 rings (SSSR count). The molecule has 5 nitrogen and oxygen atoms in total. The van der Waals surface area contributed by atoms with Crippen molar-refractivity contribution in [3.05, 3.63) is 65.5 Å². The molecule has 2 amide bonds.